The van der Waals surface area contributed by atoms with Gasteiger partial charge >= 0.3 is 0 Å². The van der Waals surface area contributed by atoms with Crippen LogP contribution in [0.5, 0.6) is 0 Å². The maximum atomic E-state index is 11.8. The molecule has 0 amide bonds. The molecule has 15 heavy (non-hydrogen) atoms. The van der Waals surface area contributed by atoms with Gasteiger partial charge < -0.3 is 10.5 Å². The number of nitrogens with zero attached hydrogens (tertiary/aromatic N) is 1. The number of methoxy groups -OCH3 is 1. The Hall–Kier alpha value is -0.430. The maximum Gasteiger partial charge on any atom is 0.214 e. The fraction of sp³-hybridized carbons (Fsp3) is 0.778. The summed E-state index contributed by atoms with van der Waals surface area (Å²) in [5.74, 6) is 0.0844. The standard InChI is InChI=1S/C9H20N2O3S/c1-3-6-11(7-8-14-2)15(12,13)9-4-5-10/h3H,1,4-10H2,2H3. The minimum Gasteiger partial charge on any atom is -0.383 e. The van der Waals surface area contributed by atoms with Gasteiger partial charge in [0.05, 0.1) is 12.4 Å². The normalized spacial score (nSPS) is 11.9. The van der Waals surface area contributed by atoms with Crippen molar-refractivity contribution in [1.82, 2.24) is 4.31 Å². The lowest BCUT2D eigenvalue weighted by Gasteiger charge is -2.19. The molecule has 0 atom stereocenters. The molecule has 0 aliphatic rings. The third kappa shape index (κ3) is 5.88. The van der Waals surface area contributed by atoms with Gasteiger partial charge in [0.1, 0.15) is 0 Å². The fourth-order valence-electron chi connectivity index (χ4n) is 1.08. The molecular formula is C9H20N2O3S. The summed E-state index contributed by atoms with van der Waals surface area (Å²) in [5.41, 5.74) is 5.28. The van der Waals surface area contributed by atoms with Crippen molar-refractivity contribution in [3.63, 3.8) is 0 Å². The number of hydrogen-bond donors (Lipinski definition) is 1. The summed E-state index contributed by atoms with van der Waals surface area (Å²) in [5, 5.41) is 0. The number of ether oxygens (including phenoxy) is 1. The molecule has 0 aliphatic carbocycles. The van der Waals surface area contributed by atoms with E-state index in [2.05, 4.69) is 6.58 Å². The van der Waals surface area contributed by atoms with Crippen LogP contribution in [0.1, 0.15) is 6.42 Å². The molecule has 0 bridgehead atoms. The predicted octanol–water partition coefficient (Wildman–Crippen LogP) is -0.201. The second-order valence-electron chi connectivity index (χ2n) is 3.10. The molecule has 0 unspecified atom stereocenters. The Bertz CT molecular complexity index is 265. The Balaban J connectivity index is 4.36. The monoisotopic (exact) mass is 236 g/mol. The third-order valence-electron chi connectivity index (χ3n) is 1.88. The van der Waals surface area contributed by atoms with Gasteiger partial charge in [-0.3, -0.25) is 0 Å². The van der Waals surface area contributed by atoms with Crippen molar-refractivity contribution in [3.8, 4) is 0 Å². The maximum absolute atomic E-state index is 11.8. The Labute approximate surface area is 91.9 Å². The highest BCUT2D eigenvalue weighted by Crippen LogP contribution is 2.03. The molecule has 0 saturated carbocycles. The molecule has 0 spiro atoms. The van der Waals surface area contributed by atoms with Crippen LogP contribution in [0.4, 0.5) is 0 Å². The summed E-state index contributed by atoms with van der Waals surface area (Å²) in [6.07, 6.45) is 2.04. The van der Waals surface area contributed by atoms with Crippen LogP contribution in [0, 0.1) is 0 Å². The van der Waals surface area contributed by atoms with Crippen molar-refractivity contribution in [2.75, 3.05) is 39.1 Å². The molecule has 0 aromatic rings. The molecule has 0 saturated heterocycles. The first-order chi connectivity index (χ1) is 7.08. The highest BCUT2D eigenvalue weighted by Gasteiger charge is 2.19. The van der Waals surface area contributed by atoms with Gasteiger partial charge in [-0.05, 0) is 13.0 Å². The minimum absolute atomic E-state index is 0.0844. The molecule has 5 nitrogen and oxygen atoms in total. The lowest BCUT2D eigenvalue weighted by atomic mass is 10.5. The molecular weight excluding hydrogens is 216 g/mol. The molecule has 0 fully saturated rings. The van der Waals surface area contributed by atoms with E-state index in [4.69, 9.17) is 10.5 Å². The van der Waals surface area contributed by atoms with Gasteiger partial charge in [0, 0.05) is 20.2 Å². The number of hydrogen-bond acceptors (Lipinski definition) is 4. The molecule has 0 heterocycles. The molecule has 0 aromatic heterocycles. The molecule has 6 heteroatoms. The van der Waals surface area contributed by atoms with Gasteiger partial charge in [-0.25, -0.2) is 8.42 Å². The van der Waals surface area contributed by atoms with Crippen LogP contribution in [0.15, 0.2) is 12.7 Å². The average Bonchev–Trinajstić information content (AvgIpc) is 2.21. The summed E-state index contributed by atoms with van der Waals surface area (Å²) in [4.78, 5) is 0. The first kappa shape index (κ1) is 14.6. The van der Waals surface area contributed by atoms with Crippen LogP contribution in [0.2, 0.25) is 0 Å². The summed E-state index contributed by atoms with van der Waals surface area (Å²) < 4.78 is 29.7. The van der Waals surface area contributed by atoms with E-state index in [1.165, 1.54) is 4.31 Å². The second-order valence-corrected chi connectivity index (χ2v) is 5.19. The zero-order valence-corrected chi connectivity index (χ0v) is 10.0. The van der Waals surface area contributed by atoms with Gasteiger partial charge in [-0.1, -0.05) is 6.08 Å². The summed E-state index contributed by atoms with van der Waals surface area (Å²) in [6, 6.07) is 0. The Morgan fingerprint density at radius 1 is 1.53 bits per heavy atom. The molecule has 0 aliphatic heterocycles. The zero-order chi connectivity index (χ0) is 11.7. The Morgan fingerprint density at radius 2 is 2.20 bits per heavy atom. The van der Waals surface area contributed by atoms with Crippen LogP contribution in [-0.2, 0) is 14.8 Å². The summed E-state index contributed by atoms with van der Waals surface area (Å²) in [6.45, 7) is 4.97. The van der Waals surface area contributed by atoms with E-state index >= 15 is 0 Å². The van der Waals surface area contributed by atoms with Gasteiger partial charge in [0.2, 0.25) is 10.0 Å². The summed E-state index contributed by atoms with van der Waals surface area (Å²) in [7, 11) is -1.68. The largest absolute Gasteiger partial charge is 0.383 e. The summed E-state index contributed by atoms with van der Waals surface area (Å²) >= 11 is 0. The van der Waals surface area contributed by atoms with Crippen LogP contribution in [-0.4, -0.2) is 51.8 Å². The van der Waals surface area contributed by atoms with Gasteiger partial charge in [-0.15, -0.1) is 6.58 Å². The molecule has 0 aromatic carbocycles. The van der Waals surface area contributed by atoms with Crippen LogP contribution in [0.3, 0.4) is 0 Å². The highest BCUT2D eigenvalue weighted by atomic mass is 32.2. The van der Waals surface area contributed by atoms with Crippen molar-refractivity contribution < 1.29 is 13.2 Å². The van der Waals surface area contributed by atoms with E-state index < -0.39 is 10.0 Å². The quantitative estimate of drug-likeness (QED) is 0.563. The number of rotatable bonds is 9. The molecule has 0 rings (SSSR count). The van der Waals surface area contributed by atoms with Crippen LogP contribution in [0.25, 0.3) is 0 Å². The van der Waals surface area contributed by atoms with Gasteiger partial charge in [0.15, 0.2) is 0 Å². The molecule has 2 N–H and O–H groups in total. The smallest absolute Gasteiger partial charge is 0.214 e. The Morgan fingerprint density at radius 3 is 2.67 bits per heavy atom. The zero-order valence-electron chi connectivity index (χ0n) is 9.18. The van der Waals surface area contributed by atoms with E-state index in [9.17, 15) is 8.42 Å². The number of sulfonamides is 1. The lowest BCUT2D eigenvalue weighted by molar-refractivity contribution is 0.182. The lowest BCUT2D eigenvalue weighted by Crippen LogP contribution is -2.36. The second kappa shape index (κ2) is 7.81. The van der Waals surface area contributed by atoms with Gasteiger partial charge in [0.25, 0.3) is 0 Å². The number of nitrogens with two attached hydrogens (primary N) is 1. The van der Waals surface area contributed by atoms with Crippen molar-refractivity contribution >= 4 is 10.0 Å². The van der Waals surface area contributed by atoms with Crippen LogP contribution < -0.4 is 5.73 Å². The van der Waals surface area contributed by atoms with E-state index in [0.29, 0.717) is 32.7 Å². The first-order valence-corrected chi connectivity index (χ1v) is 6.47. The van der Waals surface area contributed by atoms with E-state index in [1.807, 2.05) is 0 Å². The SMILES string of the molecule is C=CCN(CCOC)S(=O)(=O)CCCN. The topological polar surface area (TPSA) is 72.6 Å². The predicted molar refractivity (Wildman–Crippen MR) is 61.1 cm³/mol. The van der Waals surface area contributed by atoms with E-state index in [1.54, 1.807) is 13.2 Å². The fourth-order valence-corrected chi connectivity index (χ4v) is 2.55. The van der Waals surface area contributed by atoms with Crippen molar-refractivity contribution in [2.45, 2.75) is 6.42 Å². The van der Waals surface area contributed by atoms with Crippen molar-refractivity contribution in [2.24, 2.45) is 5.73 Å². The highest BCUT2D eigenvalue weighted by molar-refractivity contribution is 7.89. The minimum atomic E-state index is -3.22. The Kier molecular flexibility index (Phi) is 7.59. The van der Waals surface area contributed by atoms with E-state index in [-0.39, 0.29) is 5.75 Å². The third-order valence-corrected chi connectivity index (χ3v) is 3.80. The first-order valence-electron chi connectivity index (χ1n) is 4.86. The average molecular weight is 236 g/mol. The van der Waals surface area contributed by atoms with Crippen molar-refractivity contribution in [3.05, 3.63) is 12.7 Å². The molecule has 0 radical (unpaired) electrons. The van der Waals surface area contributed by atoms with Crippen molar-refractivity contribution in [1.29, 1.82) is 0 Å². The molecule has 90 valence electrons. The van der Waals surface area contributed by atoms with Crippen LogP contribution >= 0.6 is 0 Å². The van der Waals surface area contributed by atoms with E-state index in [0.717, 1.165) is 0 Å². The van der Waals surface area contributed by atoms with Gasteiger partial charge in [-0.2, -0.15) is 4.31 Å².